The standard InChI is InChI=1S/C13H21N3O3/c1-9(2)8-16(4-5-19-3)12-6-10(13(17)18)11(14)7-15-12/h6-7,9H,4-5,8,14H2,1-3H3,(H,17,18). The number of nitrogens with two attached hydrogens (primary N) is 1. The molecule has 0 spiro atoms. The van der Waals surface area contributed by atoms with Crippen LogP contribution < -0.4 is 10.6 Å². The van der Waals surface area contributed by atoms with Gasteiger partial charge in [-0.05, 0) is 12.0 Å². The summed E-state index contributed by atoms with van der Waals surface area (Å²) in [6.07, 6.45) is 1.39. The Bertz CT molecular complexity index is 435. The lowest BCUT2D eigenvalue weighted by Crippen LogP contribution is -2.32. The van der Waals surface area contributed by atoms with E-state index >= 15 is 0 Å². The van der Waals surface area contributed by atoms with E-state index in [1.807, 2.05) is 4.90 Å². The molecule has 0 saturated heterocycles. The summed E-state index contributed by atoms with van der Waals surface area (Å²) in [5.41, 5.74) is 5.86. The van der Waals surface area contributed by atoms with Crippen LogP contribution in [0.1, 0.15) is 24.2 Å². The number of hydrogen-bond donors (Lipinski definition) is 2. The monoisotopic (exact) mass is 267 g/mol. The molecular weight excluding hydrogens is 246 g/mol. The molecule has 0 unspecified atom stereocenters. The molecule has 0 aliphatic carbocycles. The van der Waals surface area contributed by atoms with E-state index in [-0.39, 0.29) is 11.3 Å². The molecule has 3 N–H and O–H groups in total. The highest BCUT2D eigenvalue weighted by atomic mass is 16.5. The van der Waals surface area contributed by atoms with Gasteiger partial charge in [0.15, 0.2) is 0 Å². The molecule has 0 aromatic carbocycles. The number of hydrogen-bond acceptors (Lipinski definition) is 5. The van der Waals surface area contributed by atoms with Crippen LogP contribution in [-0.4, -0.2) is 42.9 Å². The molecule has 0 atom stereocenters. The van der Waals surface area contributed by atoms with Crippen molar-refractivity contribution in [3.8, 4) is 0 Å². The maximum atomic E-state index is 11.1. The Labute approximate surface area is 113 Å². The largest absolute Gasteiger partial charge is 0.478 e. The first-order chi connectivity index (χ1) is 8.95. The van der Waals surface area contributed by atoms with Gasteiger partial charge in [0.1, 0.15) is 5.82 Å². The van der Waals surface area contributed by atoms with Crippen molar-refractivity contribution in [2.24, 2.45) is 5.92 Å². The molecule has 0 aliphatic heterocycles. The Morgan fingerprint density at radius 3 is 2.79 bits per heavy atom. The number of nitrogens with zero attached hydrogens (tertiary/aromatic N) is 2. The van der Waals surface area contributed by atoms with Gasteiger partial charge in [-0.25, -0.2) is 9.78 Å². The Hall–Kier alpha value is -1.82. The molecule has 0 amide bonds. The summed E-state index contributed by atoms with van der Waals surface area (Å²) in [5, 5.41) is 9.08. The van der Waals surface area contributed by atoms with Gasteiger partial charge in [0, 0.05) is 20.2 Å². The molecule has 1 aromatic heterocycles. The molecular formula is C13H21N3O3. The zero-order valence-corrected chi connectivity index (χ0v) is 11.6. The summed E-state index contributed by atoms with van der Waals surface area (Å²) >= 11 is 0. The summed E-state index contributed by atoms with van der Waals surface area (Å²) in [7, 11) is 1.63. The lowest BCUT2D eigenvalue weighted by atomic mass is 10.2. The molecule has 1 heterocycles. The number of ether oxygens (including phenoxy) is 1. The number of nitrogen functional groups attached to an aromatic ring is 1. The van der Waals surface area contributed by atoms with Gasteiger partial charge in [-0.1, -0.05) is 13.8 Å². The van der Waals surface area contributed by atoms with Crippen molar-refractivity contribution in [1.82, 2.24) is 4.98 Å². The summed E-state index contributed by atoms with van der Waals surface area (Å²) in [5.74, 6) is -0.000717. The first kappa shape index (κ1) is 15.2. The average molecular weight is 267 g/mol. The molecule has 106 valence electrons. The molecule has 1 aromatic rings. The highest BCUT2D eigenvalue weighted by molar-refractivity contribution is 5.94. The molecule has 1 rings (SSSR count). The lowest BCUT2D eigenvalue weighted by molar-refractivity contribution is 0.0698. The van der Waals surface area contributed by atoms with Gasteiger partial charge in [0.2, 0.25) is 0 Å². The first-order valence-electron chi connectivity index (χ1n) is 6.18. The highest BCUT2D eigenvalue weighted by Gasteiger charge is 2.15. The van der Waals surface area contributed by atoms with Crippen molar-refractivity contribution in [1.29, 1.82) is 0 Å². The van der Waals surface area contributed by atoms with E-state index in [1.54, 1.807) is 7.11 Å². The van der Waals surface area contributed by atoms with E-state index in [2.05, 4.69) is 18.8 Å². The molecule has 6 nitrogen and oxygen atoms in total. The van der Waals surface area contributed by atoms with Gasteiger partial charge in [0.25, 0.3) is 0 Å². The van der Waals surface area contributed by atoms with Crippen molar-refractivity contribution in [3.63, 3.8) is 0 Å². The smallest absolute Gasteiger partial charge is 0.337 e. The molecule has 0 bridgehead atoms. The fourth-order valence-corrected chi connectivity index (χ4v) is 1.75. The lowest BCUT2D eigenvalue weighted by Gasteiger charge is -2.25. The van der Waals surface area contributed by atoms with E-state index in [0.29, 0.717) is 24.9 Å². The maximum Gasteiger partial charge on any atom is 0.337 e. The molecule has 0 aliphatic rings. The Morgan fingerprint density at radius 2 is 2.26 bits per heavy atom. The third kappa shape index (κ3) is 4.40. The number of carboxylic acids is 1. The van der Waals surface area contributed by atoms with Gasteiger partial charge in [-0.3, -0.25) is 0 Å². The van der Waals surface area contributed by atoms with Crippen molar-refractivity contribution in [2.45, 2.75) is 13.8 Å². The fraction of sp³-hybridized carbons (Fsp3) is 0.538. The van der Waals surface area contributed by atoms with Crippen molar-refractivity contribution >= 4 is 17.5 Å². The number of rotatable bonds is 7. The van der Waals surface area contributed by atoms with E-state index in [0.717, 1.165) is 6.54 Å². The van der Waals surface area contributed by atoms with Crippen LogP contribution in [0.2, 0.25) is 0 Å². The topological polar surface area (TPSA) is 88.7 Å². The number of methoxy groups -OCH3 is 1. The second kappa shape index (κ2) is 6.94. The average Bonchev–Trinajstić information content (AvgIpc) is 2.34. The number of aromatic carboxylic acids is 1. The highest BCUT2D eigenvalue weighted by Crippen LogP contribution is 2.19. The Morgan fingerprint density at radius 1 is 1.58 bits per heavy atom. The minimum absolute atomic E-state index is 0.0798. The van der Waals surface area contributed by atoms with E-state index in [4.69, 9.17) is 15.6 Å². The quantitative estimate of drug-likeness (QED) is 0.777. The summed E-state index contributed by atoms with van der Waals surface area (Å²) in [6, 6.07) is 1.51. The van der Waals surface area contributed by atoms with Gasteiger partial charge < -0.3 is 20.5 Å². The van der Waals surface area contributed by atoms with Crippen LogP contribution in [0.4, 0.5) is 11.5 Å². The molecule has 0 saturated carbocycles. The van der Waals surface area contributed by atoms with E-state index in [1.165, 1.54) is 12.3 Å². The zero-order chi connectivity index (χ0) is 14.4. The second-order valence-electron chi connectivity index (χ2n) is 4.77. The van der Waals surface area contributed by atoms with E-state index < -0.39 is 5.97 Å². The number of carbonyl (C=O) groups is 1. The number of pyridine rings is 1. The SMILES string of the molecule is COCCN(CC(C)C)c1cc(C(=O)O)c(N)cn1. The van der Waals surface area contributed by atoms with Gasteiger partial charge >= 0.3 is 5.97 Å². The number of aromatic nitrogens is 1. The Kier molecular flexibility index (Phi) is 5.57. The summed E-state index contributed by atoms with van der Waals surface area (Å²) < 4.78 is 5.07. The predicted molar refractivity (Wildman–Crippen MR) is 74.5 cm³/mol. The fourth-order valence-electron chi connectivity index (χ4n) is 1.75. The van der Waals surface area contributed by atoms with Crippen LogP contribution in [0.3, 0.4) is 0 Å². The normalized spacial score (nSPS) is 10.7. The number of carboxylic acid groups (broad SMARTS) is 1. The molecule has 6 heteroatoms. The molecule has 19 heavy (non-hydrogen) atoms. The molecule has 0 radical (unpaired) electrons. The third-order valence-corrected chi connectivity index (χ3v) is 2.63. The maximum absolute atomic E-state index is 11.1. The third-order valence-electron chi connectivity index (χ3n) is 2.63. The minimum Gasteiger partial charge on any atom is -0.478 e. The zero-order valence-electron chi connectivity index (χ0n) is 11.6. The van der Waals surface area contributed by atoms with Gasteiger partial charge in [-0.2, -0.15) is 0 Å². The van der Waals surface area contributed by atoms with Gasteiger partial charge in [-0.15, -0.1) is 0 Å². The van der Waals surface area contributed by atoms with Crippen LogP contribution in [0.5, 0.6) is 0 Å². The van der Waals surface area contributed by atoms with Crippen LogP contribution in [0.25, 0.3) is 0 Å². The van der Waals surface area contributed by atoms with Crippen molar-refractivity contribution in [2.75, 3.05) is 37.4 Å². The number of anilines is 2. The van der Waals surface area contributed by atoms with Crippen LogP contribution in [-0.2, 0) is 4.74 Å². The Balaban J connectivity index is 3.00. The van der Waals surface area contributed by atoms with Gasteiger partial charge in [0.05, 0.1) is 24.1 Å². The molecule has 0 fully saturated rings. The first-order valence-corrected chi connectivity index (χ1v) is 6.18. The van der Waals surface area contributed by atoms with Crippen LogP contribution in [0, 0.1) is 5.92 Å². The minimum atomic E-state index is -1.04. The van der Waals surface area contributed by atoms with Crippen molar-refractivity contribution in [3.05, 3.63) is 17.8 Å². The van der Waals surface area contributed by atoms with Crippen LogP contribution in [0.15, 0.2) is 12.3 Å². The van der Waals surface area contributed by atoms with Crippen LogP contribution >= 0.6 is 0 Å². The van der Waals surface area contributed by atoms with Crippen molar-refractivity contribution < 1.29 is 14.6 Å². The predicted octanol–water partition coefficient (Wildman–Crippen LogP) is 1.47. The van der Waals surface area contributed by atoms with E-state index in [9.17, 15) is 4.79 Å². The summed E-state index contributed by atoms with van der Waals surface area (Å²) in [6.45, 7) is 6.18. The summed E-state index contributed by atoms with van der Waals surface area (Å²) in [4.78, 5) is 17.3. The second-order valence-corrected chi connectivity index (χ2v) is 4.77.